The molecule has 0 saturated heterocycles. The molecule has 1 aliphatic heterocycles. The van der Waals surface area contributed by atoms with Crippen molar-refractivity contribution in [1.82, 2.24) is 10.6 Å². The van der Waals surface area contributed by atoms with Crippen molar-refractivity contribution in [3.05, 3.63) is 11.1 Å². The summed E-state index contributed by atoms with van der Waals surface area (Å²) in [4.78, 5) is 22.8. The van der Waals surface area contributed by atoms with Gasteiger partial charge in [-0.1, -0.05) is 11.8 Å². The lowest BCUT2D eigenvalue weighted by Crippen LogP contribution is -2.38. The Morgan fingerprint density at radius 3 is 2.88 bits per heavy atom. The van der Waals surface area contributed by atoms with Crippen molar-refractivity contribution in [3.63, 3.8) is 0 Å². The van der Waals surface area contributed by atoms with E-state index in [-0.39, 0.29) is 11.9 Å². The molecule has 1 atom stereocenters. The number of esters is 2. The molecule has 96 valence electrons. The van der Waals surface area contributed by atoms with Gasteiger partial charge in [-0.05, 0) is 20.3 Å². The molecule has 0 fully saturated rings. The van der Waals surface area contributed by atoms with Crippen molar-refractivity contribution in [2.75, 3.05) is 0 Å². The molecule has 0 aromatic carbocycles. The minimum Gasteiger partial charge on any atom is -0.393 e. The molecule has 0 aliphatic carbocycles. The summed E-state index contributed by atoms with van der Waals surface area (Å²) < 4.78 is 4.45. The van der Waals surface area contributed by atoms with Crippen LogP contribution in [0.3, 0.4) is 0 Å². The first-order chi connectivity index (χ1) is 7.97. The first kappa shape index (κ1) is 14.1. The molecule has 0 aromatic rings. The summed E-state index contributed by atoms with van der Waals surface area (Å²) in [6, 6.07) is 0.399. The third-order valence-corrected chi connectivity index (χ3v) is 3.12. The van der Waals surface area contributed by atoms with E-state index in [4.69, 9.17) is 0 Å². The third kappa shape index (κ3) is 5.74. The monoisotopic (exact) mass is 258 g/mol. The van der Waals surface area contributed by atoms with Crippen molar-refractivity contribution < 1.29 is 14.3 Å². The Labute approximate surface area is 105 Å². The predicted octanol–water partition coefficient (Wildman–Crippen LogP) is 1.32. The zero-order valence-electron chi connectivity index (χ0n) is 10.3. The number of carbonyl (C=O) groups is 2. The molecule has 0 amide bonds. The maximum absolute atomic E-state index is 11.2. The van der Waals surface area contributed by atoms with Gasteiger partial charge in [-0.25, -0.2) is 0 Å². The van der Waals surface area contributed by atoms with Crippen molar-refractivity contribution in [2.45, 2.75) is 45.2 Å². The van der Waals surface area contributed by atoms with Gasteiger partial charge in [0.1, 0.15) is 5.50 Å². The molecule has 5 nitrogen and oxygen atoms in total. The van der Waals surface area contributed by atoms with Gasteiger partial charge in [0.25, 0.3) is 0 Å². The molecule has 17 heavy (non-hydrogen) atoms. The zero-order valence-corrected chi connectivity index (χ0v) is 11.1. The molecule has 0 spiro atoms. The van der Waals surface area contributed by atoms with Gasteiger partial charge in [-0.2, -0.15) is 0 Å². The Bertz CT molecular complexity index is 329. The predicted molar refractivity (Wildman–Crippen MR) is 66.9 cm³/mol. The first-order valence-electron chi connectivity index (χ1n) is 5.56. The van der Waals surface area contributed by atoms with E-state index >= 15 is 0 Å². The Balaban J connectivity index is 2.22. The first-order valence-corrected chi connectivity index (χ1v) is 6.44. The summed E-state index contributed by atoms with van der Waals surface area (Å²) in [5, 5.41) is 6.49. The lowest BCUT2D eigenvalue weighted by Gasteiger charge is -2.15. The van der Waals surface area contributed by atoms with Crippen molar-refractivity contribution in [2.24, 2.45) is 0 Å². The van der Waals surface area contributed by atoms with Gasteiger partial charge in [-0.15, -0.1) is 0 Å². The highest BCUT2D eigenvalue weighted by molar-refractivity contribution is 8.03. The molecule has 0 saturated carbocycles. The fourth-order valence-electron chi connectivity index (χ4n) is 1.34. The van der Waals surface area contributed by atoms with Crippen molar-refractivity contribution in [3.8, 4) is 0 Å². The Morgan fingerprint density at radius 2 is 2.29 bits per heavy atom. The average Bonchev–Trinajstić information content (AvgIpc) is 2.60. The molecule has 0 radical (unpaired) electrons. The van der Waals surface area contributed by atoms with E-state index in [0.29, 0.717) is 12.5 Å². The van der Waals surface area contributed by atoms with Crippen LogP contribution < -0.4 is 10.6 Å². The van der Waals surface area contributed by atoms with Gasteiger partial charge < -0.3 is 10.1 Å². The molecule has 0 aromatic heterocycles. The Morgan fingerprint density at radius 1 is 1.59 bits per heavy atom. The van der Waals surface area contributed by atoms with E-state index in [0.717, 1.165) is 4.91 Å². The van der Waals surface area contributed by atoms with Crippen LogP contribution in [0.5, 0.6) is 0 Å². The molecule has 1 unspecified atom stereocenters. The van der Waals surface area contributed by atoms with Crippen LogP contribution in [-0.4, -0.2) is 23.5 Å². The van der Waals surface area contributed by atoms with Crippen LogP contribution in [0.15, 0.2) is 11.1 Å². The van der Waals surface area contributed by atoms with E-state index < -0.39 is 11.9 Å². The highest BCUT2D eigenvalue weighted by Crippen LogP contribution is 2.28. The summed E-state index contributed by atoms with van der Waals surface area (Å²) in [6.45, 7) is 5.38. The second-order valence-corrected chi connectivity index (χ2v) is 5.29. The summed E-state index contributed by atoms with van der Waals surface area (Å²) >= 11 is 1.65. The topological polar surface area (TPSA) is 67.4 Å². The minimum atomic E-state index is -0.555. The van der Waals surface area contributed by atoms with Gasteiger partial charge in [0.05, 0.1) is 6.42 Å². The molecule has 0 bridgehead atoms. The van der Waals surface area contributed by atoms with E-state index in [1.54, 1.807) is 11.8 Å². The highest BCUT2D eigenvalue weighted by atomic mass is 32.2. The van der Waals surface area contributed by atoms with Crippen LogP contribution in [0.4, 0.5) is 0 Å². The van der Waals surface area contributed by atoms with Crippen LogP contribution in [0.1, 0.15) is 33.6 Å². The van der Waals surface area contributed by atoms with Crippen LogP contribution >= 0.6 is 11.8 Å². The van der Waals surface area contributed by atoms with E-state index in [9.17, 15) is 9.59 Å². The van der Waals surface area contributed by atoms with Gasteiger partial charge >= 0.3 is 11.9 Å². The molecule has 1 heterocycles. The maximum Gasteiger partial charge on any atom is 0.313 e. The minimum absolute atomic E-state index is 0.161. The van der Waals surface area contributed by atoms with E-state index in [2.05, 4.69) is 29.2 Å². The number of nitrogens with one attached hydrogen (secondary N) is 2. The second-order valence-electron chi connectivity index (χ2n) is 4.06. The van der Waals surface area contributed by atoms with Gasteiger partial charge in [0, 0.05) is 24.1 Å². The van der Waals surface area contributed by atoms with Crippen molar-refractivity contribution in [1.29, 1.82) is 0 Å². The number of rotatable bonds is 5. The normalized spacial score (nSPS) is 18.8. The molecular weight excluding hydrogens is 240 g/mol. The van der Waals surface area contributed by atoms with Gasteiger partial charge in [-0.3, -0.25) is 14.9 Å². The zero-order chi connectivity index (χ0) is 12.8. The maximum atomic E-state index is 11.2. The summed E-state index contributed by atoms with van der Waals surface area (Å²) in [5.41, 5.74) is 0.161. The number of ether oxygens (including phenoxy) is 1. The summed E-state index contributed by atoms with van der Waals surface area (Å²) in [6.07, 6.45) is 2.72. The van der Waals surface area contributed by atoms with Crippen LogP contribution in [-0.2, 0) is 14.3 Å². The highest BCUT2D eigenvalue weighted by Gasteiger charge is 2.18. The van der Waals surface area contributed by atoms with Crippen LogP contribution in [0, 0.1) is 0 Å². The number of carbonyl (C=O) groups excluding carboxylic acids is 2. The molecular formula is C11H18N2O3S. The smallest absolute Gasteiger partial charge is 0.313 e. The van der Waals surface area contributed by atoms with Gasteiger partial charge in [0.15, 0.2) is 0 Å². The van der Waals surface area contributed by atoms with Crippen molar-refractivity contribution >= 4 is 23.7 Å². The molecule has 6 heteroatoms. The fraction of sp³-hybridized carbons (Fsp3) is 0.636. The number of hydrogen-bond acceptors (Lipinski definition) is 6. The largest absolute Gasteiger partial charge is 0.393 e. The molecule has 1 aliphatic rings. The van der Waals surface area contributed by atoms with Crippen LogP contribution in [0.2, 0.25) is 0 Å². The van der Waals surface area contributed by atoms with E-state index in [1.807, 2.05) is 6.20 Å². The standard InChI is InChI=1S/C11H18N2O3S/c1-7(2)13-11-12-6-9(17-11)4-5-10(15)16-8(3)14/h6-7,11-13H,4-5H2,1-3H3. The third-order valence-electron chi connectivity index (χ3n) is 1.98. The Kier molecular flexibility index (Phi) is 5.50. The number of hydrogen-bond donors (Lipinski definition) is 2. The number of allylic oxidation sites excluding steroid dienone is 1. The summed E-state index contributed by atoms with van der Waals surface area (Å²) in [5.74, 6) is -1.03. The molecule has 2 N–H and O–H groups in total. The summed E-state index contributed by atoms with van der Waals surface area (Å²) in [7, 11) is 0. The number of thioether (sulfide) groups is 1. The Hall–Kier alpha value is -1.01. The molecule has 1 rings (SSSR count). The SMILES string of the molecule is CC(=O)OC(=O)CCC1=CNC(NC(C)C)S1. The van der Waals surface area contributed by atoms with Gasteiger partial charge in [0.2, 0.25) is 0 Å². The van der Waals surface area contributed by atoms with E-state index in [1.165, 1.54) is 6.92 Å². The lowest BCUT2D eigenvalue weighted by atomic mass is 10.3. The second kappa shape index (κ2) is 6.66. The average molecular weight is 258 g/mol. The lowest BCUT2D eigenvalue weighted by molar-refractivity contribution is -0.157. The quantitative estimate of drug-likeness (QED) is 0.572. The van der Waals surface area contributed by atoms with Crippen LogP contribution in [0.25, 0.3) is 0 Å². The fourth-order valence-corrected chi connectivity index (χ4v) is 2.48.